The number of benzene rings is 3. The zero-order valence-electron chi connectivity index (χ0n) is 20.9. The summed E-state index contributed by atoms with van der Waals surface area (Å²) in [6.45, 7) is 6.63. The lowest BCUT2D eigenvalue weighted by Gasteiger charge is -2.19. The van der Waals surface area contributed by atoms with Crippen molar-refractivity contribution in [2.45, 2.75) is 38.6 Å². The highest BCUT2D eigenvalue weighted by molar-refractivity contribution is 5.86. The number of hydrogen-bond acceptors (Lipinski definition) is 2. The van der Waals surface area contributed by atoms with Crippen LogP contribution in [0, 0.1) is 12.7 Å². The average Bonchev–Trinajstić information content (AvgIpc) is 3.53. The third kappa shape index (κ3) is 5.68. The summed E-state index contributed by atoms with van der Waals surface area (Å²) < 4.78 is 16.0. The molecule has 2 heterocycles. The van der Waals surface area contributed by atoms with Gasteiger partial charge in [0.1, 0.15) is 5.82 Å². The minimum absolute atomic E-state index is 0.0267. The van der Waals surface area contributed by atoms with Gasteiger partial charge in [0.25, 0.3) is 0 Å². The number of para-hydroxylation sites is 1. The molecule has 0 saturated carbocycles. The van der Waals surface area contributed by atoms with Crippen LogP contribution in [0.15, 0.2) is 79.0 Å². The highest BCUT2D eigenvalue weighted by atomic mass is 19.1. The summed E-state index contributed by atoms with van der Waals surface area (Å²) >= 11 is 0. The molecule has 1 aromatic heterocycles. The van der Waals surface area contributed by atoms with Gasteiger partial charge in [-0.25, -0.2) is 4.39 Å². The number of fused-ring (bicyclic) bond motifs is 1. The standard InChI is InChI=1S/C31H34FN3O/c1-23-8-10-24(11-9-23)21-35-22-29(27-6-2-3-7-30(27)35)28(25-12-14-26(32)15-13-25)20-31(36)33-16-19-34-17-4-5-18-34/h2-3,6-15,22,28H,4-5,16-21H2,1H3,(H,33,36). The van der Waals surface area contributed by atoms with Gasteiger partial charge in [0.2, 0.25) is 5.91 Å². The van der Waals surface area contributed by atoms with Crippen LogP contribution in [-0.4, -0.2) is 41.6 Å². The van der Waals surface area contributed by atoms with Crippen molar-refractivity contribution in [3.63, 3.8) is 0 Å². The summed E-state index contributed by atoms with van der Waals surface area (Å²) in [6.07, 6.45) is 4.99. The maximum absolute atomic E-state index is 13.8. The molecule has 1 N–H and O–H groups in total. The Bertz CT molecular complexity index is 1300. The monoisotopic (exact) mass is 483 g/mol. The number of carbonyl (C=O) groups is 1. The first-order valence-corrected chi connectivity index (χ1v) is 12.9. The zero-order chi connectivity index (χ0) is 24.9. The average molecular weight is 484 g/mol. The van der Waals surface area contributed by atoms with Crippen LogP contribution in [0.25, 0.3) is 10.9 Å². The molecule has 1 aliphatic rings. The number of amides is 1. The molecule has 36 heavy (non-hydrogen) atoms. The molecule has 5 heteroatoms. The van der Waals surface area contributed by atoms with Crippen molar-refractivity contribution in [3.05, 3.63) is 107 Å². The van der Waals surface area contributed by atoms with Crippen molar-refractivity contribution in [2.75, 3.05) is 26.2 Å². The normalized spacial score (nSPS) is 14.8. The van der Waals surface area contributed by atoms with Crippen molar-refractivity contribution in [2.24, 2.45) is 0 Å². The number of hydrogen-bond donors (Lipinski definition) is 1. The SMILES string of the molecule is Cc1ccc(Cn2cc(C(CC(=O)NCCN3CCCC3)c3ccc(F)cc3)c3ccccc32)cc1. The lowest BCUT2D eigenvalue weighted by atomic mass is 9.88. The maximum atomic E-state index is 13.8. The van der Waals surface area contributed by atoms with E-state index >= 15 is 0 Å². The molecule has 0 radical (unpaired) electrons. The molecule has 1 fully saturated rings. The van der Waals surface area contributed by atoms with Crippen LogP contribution >= 0.6 is 0 Å². The Balaban J connectivity index is 1.43. The molecule has 5 rings (SSSR count). The topological polar surface area (TPSA) is 37.3 Å². The Hall–Kier alpha value is -3.44. The second-order valence-electron chi connectivity index (χ2n) is 9.92. The smallest absolute Gasteiger partial charge is 0.220 e. The molecule has 4 nitrogen and oxygen atoms in total. The van der Waals surface area contributed by atoms with E-state index in [4.69, 9.17) is 0 Å². The molecule has 1 unspecified atom stereocenters. The Kier molecular flexibility index (Phi) is 7.47. The lowest BCUT2D eigenvalue weighted by molar-refractivity contribution is -0.121. The fourth-order valence-corrected chi connectivity index (χ4v) is 5.29. The van der Waals surface area contributed by atoms with Crippen molar-refractivity contribution in [1.82, 2.24) is 14.8 Å². The van der Waals surface area contributed by atoms with Crippen molar-refractivity contribution in [1.29, 1.82) is 0 Å². The molecule has 0 aliphatic carbocycles. The van der Waals surface area contributed by atoms with Crippen LogP contribution in [0.3, 0.4) is 0 Å². The first-order valence-electron chi connectivity index (χ1n) is 12.9. The number of nitrogens with one attached hydrogen (secondary N) is 1. The zero-order valence-corrected chi connectivity index (χ0v) is 20.9. The molecule has 3 aromatic carbocycles. The number of rotatable bonds is 9. The minimum Gasteiger partial charge on any atom is -0.355 e. The van der Waals surface area contributed by atoms with Gasteiger partial charge >= 0.3 is 0 Å². The Morgan fingerprint density at radius 1 is 0.972 bits per heavy atom. The summed E-state index contributed by atoms with van der Waals surface area (Å²) in [4.78, 5) is 15.5. The highest BCUT2D eigenvalue weighted by Crippen LogP contribution is 2.35. The van der Waals surface area contributed by atoms with Gasteiger partial charge in [-0.2, -0.15) is 0 Å². The Labute approximate surface area is 212 Å². The summed E-state index contributed by atoms with van der Waals surface area (Å²) in [5, 5.41) is 4.26. The predicted octanol–water partition coefficient (Wildman–Crippen LogP) is 5.87. The van der Waals surface area contributed by atoms with Crippen LogP contribution in [0.5, 0.6) is 0 Å². The van der Waals surface area contributed by atoms with Crippen LogP contribution in [0.4, 0.5) is 4.39 Å². The number of nitrogens with zero attached hydrogens (tertiary/aromatic N) is 2. The van der Waals surface area contributed by atoms with E-state index < -0.39 is 0 Å². The van der Waals surface area contributed by atoms with Gasteiger partial charge in [0.15, 0.2) is 0 Å². The van der Waals surface area contributed by atoms with E-state index in [0.717, 1.165) is 48.2 Å². The summed E-state index contributed by atoms with van der Waals surface area (Å²) in [5.74, 6) is -0.408. The molecule has 1 aliphatic heterocycles. The van der Waals surface area contributed by atoms with Crippen molar-refractivity contribution >= 4 is 16.8 Å². The van der Waals surface area contributed by atoms with Gasteiger partial charge in [-0.05, 0) is 67.7 Å². The van der Waals surface area contributed by atoms with Gasteiger partial charge in [-0.1, -0.05) is 60.2 Å². The minimum atomic E-state index is -0.269. The second kappa shape index (κ2) is 11.1. The largest absolute Gasteiger partial charge is 0.355 e. The fraction of sp³-hybridized carbons (Fsp3) is 0.323. The van der Waals surface area contributed by atoms with Crippen molar-refractivity contribution < 1.29 is 9.18 Å². The van der Waals surface area contributed by atoms with Gasteiger partial charge in [-0.3, -0.25) is 4.79 Å². The van der Waals surface area contributed by atoms with Crippen molar-refractivity contribution in [3.8, 4) is 0 Å². The molecule has 0 spiro atoms. The number of aromatic nitrogens is 1. The number of aryl methyl sites for hydroxylation is 1. The first-order chi connectivity index (χ1) is 17.6. The number of carbonyl (C=O) groups excluding carboxylic acids is 1. The van der Waals surface area contributed by atoms with Crippen LogP contribution in [0.2, 0.25) is 0 Å². The van der Waals surface area contributed by atoms with E-state index in [1.807, 2.05) is 18.2 Å². The van der Waals surface area contributed by atoms with Crippen LogP contribution < -0.4 is 5.32 Å². The molecule has 4 aromatic rings. The summed E-state index contributed by atoms with van der Waals surface area (Å²) in [5.41, 5.74) is 5.65. The lowest BCUT2D eigenvalue weighted by Crippen LogP contribution is -2.34. The molecule has 1 saturated heterocycles. The van der Waals surface area contributed by atoms with Gasteiger partial charge in [0, 0.05) is 49.1 Å². The van der Waals surface area contributed by atoms with Gasteiger partial charge < -0.3 is 14.8 Å². The quantitative estimate of drug-likeness (QED) is 0.323. The molecule has 1 amide bonds. The third-order valence-electron chi connectivity index (χ3n) is 7.28. The van der Waals surface area contributed by atoms with Crippen LogP contribution in [-0.2, 0) is 11.3 Å². The van der Waals surface area contributed by atoms with E-state index in [2.05, 4.69) is 70.4 Å². The maximum Gasteiger partial charge on any atom is 0.220 e. The van der Waals surface area contributed by atoms with E-state index in [-0.39, 0.29) is 17.6 Å². The van der Waals surface area contributed by atoms with Gasteiger partial charge in [0.05, 0.1) is 0 Å². The number of likely N-dealkylation sites (tertiary alicyclic amines) is 1. The fourth-order valence-electron chi connectivity index (χ4n) is 5.29. The summed E-state index contributed by atoms with van der Waals surface area (Å²) in [6, 6.07) is 23.5. The predicted molar refractivity (Wildman–Crippen MR) is 144 cm³/mol. The number of halogens is 1. The van der Waals surface area contributed by atoms with E-state index in [9.17, 15) is 9.18 Å². The Morgan fingerprint density at radius 3 is 2.44 bits per heavy atom. The third-order valence-corrected chi connectivity index (χ3v) is 7.28. The molecule has 1 atom stereocenters. The van der Waals surface area contributed by atoms with E-state index in [1.54, 1.807) is 0 Å². The molecular formula is C31H34FN3O. The molecular weight excluding hydrogens is 449 g/mol. The Morgan fingerprint density at radius 2 is 1.69 bits per heavy atom. The second-order valence-corrected chi connectivity index (χ2v) is 9.92. The molecule has 186 valence electrons. The molecule has 0 bridgehead atoms. The highest BCUT2D eigenvalue weighted by Gasteiger charge is 2.23. The first kappa shape index (κ1) is 24.3. The van der Waals surface area contributed by atoms with E-state index in [1.165, 1.54) is 36.1 Å². The van der Waals surface area contributed by atoms with Gasteiger partial charge in [-0.15, -0.1) is 0 Å². The summed E-state index contributed by atoms with van der Waals surface area (Å²) in [7, 11) is 0. The van der Waals surface area contributed by atoms with E-state index in [0.29, 0.717) is 13.0 Å². The van der Waals surface area contributed by atoms with Crippen LogP contribution in [0.1, 0.15) is 47.4 Å².